The van der Waals surface area contributed by atoms with Crippen LogP contribution in [-0.4, -0.2) is 50.2 Å². The average molecular weight is 357 g/mol. The van der Waals surface area contributed by atoms with E-state index >= 15 is 0 Å². The van der Waals surface area contributed by atoms with Gasteiger partial charge < -0.3 is 21.9 Å². The van der Waals surface area contributed by atoms with Crippen LogP contribution in [0.3, 0.4) is 0 Å². The smallest absolute Gasteiger partial charge is 0.167 e. The molecular weight excluding hydrogens is 322 g/mol. The predicted molar refractivity (Wildman–Crippen MR) is 98.0 cm³/mol. The molecule has 0 atom stereocenters. The summed E-state index contributed by atoms with van der Waals surface area (Å²) in [7, 11) is 0. The summed E-state index contributed by atoms with van der Waals surface area (Å²) in [5, 5.41) is 0. The van der Waals surface area contributed by atoms with E-state index in [1.807, 2.05) is 0 Å². The second-order valence-electron chi connectivity index (χ2n) is 6.27. The number of nitrogens with two attached hydrogens (primary N) is 3. The summed E-state index contributed by atoms with van der Waals surface area (Å²) < 4.78 is 5.55. The zero-order valence-electron chi connectivity index (χ0n) is 15.6. The second kappa shape index (κ2) is 14.1. The molecule has 0 saturated carbocycles. The first-order chi connectivity index (χ1) is 12.0. The van der Waals surface area contributed by atoms with Crippen molar-refractivity contribution in [2.45, 2.75) is 58.3 Å². The normalized spacial score (nSPS) is 11.5. The first-order valence-electron chi connectivity index (χ1n) is 9.29. The average Bonchev–Trinajstić information content (AvgIpc) is 2.64. The molecule has 146 valence electrons. The highest BCUT2D eigenvalue weighted by molar-refractivity contribution is 6.25. The Balaban J connectivity index is 4.39. The molecular formula is C18H35N3O4. The Morgan fingerprint density at radius 3 is 1.64 bits per heavy atom. The Kier molecular flexibility index (Phi) is 13.4. The van der Waals surface area contributed by atoms with Crippen molar-refractivity contribution in [3.8, 4) is 0 Å². The molecule has 0 aromatic heterocycles. The lowest BCUT2D eigenvalue weighted by atomic mass is 9.71. The summed E-state index contributed by atoms with van der Waals surface area (Å²) in [6.45, 7) is 2.02. The number of ether oxygens (including phenoxy) is 1. The maximum Gasteiger partial charge on any atom is 0.167 e. The molecule has 7 heteroatoms. The maximum atomic E-state index is 12.2. The molecule has 0 heterocycles. The van der Waals surface area contributed by atoms with E-state index in [1.54, 1.807) is 0 Å². The van der Waals surface area contributed by atoms with Crippen LogP contribution in [0.5, 0.6) is 0 Å². The minimum absolute atomic E-state index is 0.0472. The van der Waals surface area contributed by atoms with Gasteiger partial charge in [0.25, 0.3) is 0 Å². The zero-order chi connectivity index (χ0) is 19.1. The fourth-order valence-electron chi connectivity index (χ4n) is 2.93. The van der Waals surface area contributed by atoms with E-state index in [2.05, 4.69) is 6.92 Å². The van der Waals surface area contributed by atoms with E-state index in [-0.39, 0.29) is 6.42 Å². The van der Waals surface area contributed by atoms with Crippen LogP contribution in [-0.2, 0) is 19.1 Å². The van der Waals surface area contributed by atoms with Gasteiger partial charge in [-0.15, -0.1) is 0 Å². The summed E-state index contributed by atoms with van der Waals surface area (Å²) in [5.41, 5.74) is 14.4. The fraction of sp³-hybridized carbons (Fsp3) is 0.833. The first kappa shape index (κ1) is 23.9. The molecule has 0 radical (unpaired) electrons. The number of hydrogen-bond acceptors (Lipinski definition) is 7. The molecule has 0 amide bonds. The van der Waals surface area contributed by atoms with Crippen molar-refractivity contribution in [1.82, 2.24) is 0 Å². The van der Waals surface area contributed by atoms with Crippen molar-refractivity contribution in [2.75, 3.05) is 32.8 Å². The van der Waals surface area contributed by atoms with Crippen LogP contribution in [0.1, 0.15) is 58.3 Å². The van der Waals surface area contributed by atoms with Crippen LogP contribution >= 0.6 is 0 Å². The second-order valence-corrected chi connectivity index (χ2v) is 6.27. The molecule has 0 saturated heterocycles. The Labute approximate surface area is 151 Å². The highest BCUT2D eigenvalue weighted by Crippen LogP contribution is 2.28. The molecule has 0 unspecified atom stereocenters. The third kappa shape index (κ3) is 7.73. The van der Waals surface area contributed by atoms with Gasteiger partial charge in [-0.25, -0.2) is 0 Å². The lowest BCUT2D eigenvalue weighted by Gasteiger charge is -2.28. The van der Waals surface area contributed by atoms with Gasteiger partial charge >= 0.3 is 0 Å². The summed E-state index contributed by atoms with van der Waals surface area (Å²) in [5.74, 6) is -1.85. The monoisotopic (exact) mass is 357 g/mol. The number of ketones is 3. The largest absolute Gasteiger partial charge is 0.381 e. The predicted octanol–water partition coefficient (Wildman–Crippen LogP) is 0.714. The van der Waals surface area contributed by atoms with Crippen molar-refractivity contribution < 1.29 is 19.1 Å². The van der Waals surface area contributed by atoms with Crippen LogP contribution in [0.2, 0.25) is 0 Å². The fourth-order valence-corrected chi connectivity index (χ4v) is 2.93. The van der Waals surface area contributed by atoms with Gasteiger partial charge in [-0.2, -0.15) is 0 Å². The van der Waals surface area contributed by atoms with E-state index in [0.29, 0.717) is 19.6 Å². The lowest BCUT2D eigenvalue weighted by molar-refractivity contribution is -0.148. The van der Waals surface area contributed by atoms with Gasteiger partial charge in [-0.3, -0.25) is 14.4 Å². The highest BCUT2D eigenvalue weighted by Gasteiger charge is 2.48. The molecule has 0 aromatic carbocycles. The number of hydrogen-bond donors (Lipinski definition) is 3. The van der Waals surface area contributed by atoms with Gasteiger partial charge in [0.05, 0.1) is 19.6 Å². The van der Waals surface area contributed by atoms with Gasteiger partial charge in [0.1, 0.15) is 5.41 Å². The third-order valence-electron chi connectivity index (χ3n) is 4.47. The SMILES string of the molecule is CCCCCCCCOCCCC(C(=O)CN)(C(=O)CN)C(=O)CN. The van der Waals surface area contributed by atoms with Gasteiger partial charge in [0.2, 0.25) is 0 Å². The summed E-state index contributed by atoms with van der Waals surface area (Å²) in [6, 6.07) is 0. The van der Waals surface area contributed by atoms with E-state index < -0.39 is 42.4 Å². The number of carbonyl (C=O) groups excluding carboxylic acids is 3. The molecule has 25 heavy (non-hydrogen) atoms. The zero-order valence-corrected chi connectivity index (χ0v) is 15.6. The van der Waals surface area contributed by atoms with Crippen LogP contribution in [0.25, 0.3) is 0 Å². The molecule has 0 aliphatic carbocycles. The lowest BCUT2D eigenvalue weighted by Crippen LogP contribution is -2.53. The van der Waals surface area contributed by atoms with Crippen LogP contribution in [0.4, 0.5) is 0 Å². The van der Waals surface area contributed by atoms with E-state index in [9.17, 15) is 14.4 Å². The molecule has 0 aromatic rings. The van der Waals surface area contributed by atoms with E-state index in [1.165, 1.54) is 25.7 Å². The van der Waals surface area contributed by atoms with Crippen molar-refractivity contribution in [2.24, 2.45) is 22.6 Å². The number of carbonyl (C=O) groups is 3. The Morgan fingerprint density at radius 2 is 1.16 bits per heavy atom. The van der Waals surface area contributed by atoms with Crippen molar-refractivity contribution >= 4 is 17.3 Å². The topological polar surface area (TPSA) is 138 Å². The standard InChI is InChI=1S/C18H35N3O4/c1-2-3-4-5-6-7-10-25-11-8-9-18(15(22)12-19,16(23)13-20)17(24)14-21/h2-14,19-21H2,1H3. The molecule has 0 aliphatic rings. The molecule has 0 spiro atoms. The summed E-state index contributed by atoms with van der Waals surface area (Å²) in [4.78, 5) is 36.6. The molecule has 7 nitrogen and oxygen atoms in total. The molecule has 0 rings (SSSR count). The number of unbranched alkanes of at least 4 members (excludes halogenated alkanes) is 5. The third-order valence-corrected chi connectivity index (χ3v) is 4.47. The van der Waals surface area contributed by atoms with Gasteiger partial charge in [-0.05, 0) is 19.3 Å². The van der Waals surface area contributed by atoms with Crippen LogP contribution < -0.4 is 17.2 Å². The van der Waals surface area contributed by atoms with Gasteiger partial charge in [0, 0.05) is 13.2 Å². The van der Waals surface area contributed by atoms with Crippen molar-refractivity contribution in [3.63, 3.8) is 0 Å². The molecule has 0 fully saturated rings. The Bertz CT molecular complexity index is 372. The summed E-state index contributed by atoms with van der Waals surface area (Å²) >= 11 is 0. The summed E-state index contributed by atoms with van der Waals surface area (Å²) in [6.07, 6.45) is 7.52. The molecule has 6 N–H and O–H groups in total. The highest BCUT2D eigenvalue weighted by atomic mass is 16.5. The quantitative estimate of drug-likeness (QED) is 0.257. The molecule has 0 aliphatic heterocycles. The minimum atomic E-state index is -1.80. The van der Waals surface area contributed by atoms with E-state index in [0.717, 1.165) is 12.8 Å². The molecule has 0 bridgehead atoms. The number of Topliss-reactive ketones (excluding diaryl/α,β-unsaturated/α-hetero) is 3. The Hall–Kier alpha value is -1.15. The Morgan fingerprint density at radius 1 is 0.720 bits per heavy atom. The van der Waals surface area contributed by atoms with Gasteiger partial charge in [-0.1, -0.05) is 39.0 Å². The number of rotatable bonds is 17. The van der Waals surface area contributed by atoms with E-state index in [4.69, 9.17) is 21.9 Å². The maximum absolute atomic E-state index is 12.2. The minimum Gasteiger partial charge on any atom is -0.381 e. The van der Waals surface area contributed by atoms with Gasteiger partial charge in [0.15, 0.2) is 17.3 Å². The van der Waals surface area contributed by atoms with Crippen molar-refractivity contribution in [1.29, 1.82) is 0 Å². The van der Waals surface area contributed by atoms with Crippen LogP contribution in [0.15, 0.2) is 0 Å². The first-order valence-corrected chi connectivity index (χ1v) is 9.29. The van der Waals surface area contributed by atoms with Crippen molar-refractivity contribution in [3.05, 3.63) is 0 Å². The van der Waals surface area contributed by atoms with Crippen LogP contribution in [0, 0.1) is 5.41 Å².